The molecule has 0 fully saturated rings. The summed E-state index contributed by atoms with van der Waals surface area (Å²) in [7, 11) is -0.121. The van der Waals surface area contributed by atoms with Crippen molar-refractivity contribution in [1.82, 2.24) is 0 Å². The first-order valence-corrected chi connectivity index (χ1v) is 5.48. The summed E-state index contributed by atoms with van der Waals surface area (Å²) < 4.78 is 0. The van der Waals surface area contributed by atoms with Crippen LogP contribution in [-0.2, 0) is 0 Å². The van der Waals surface area contributed by atoms with Crippen molar-refractivity contribution in [3.63, 3.8) is 0 Å². The molecule has 0 aliphatic rings. The van der Waals surface area contributed by atoms with E-state index < -0.39 is 0 Å². The van der Waals surface area contributed by atoms with Crippen LogP contribution in [0.2, 0.25) is 0 Å². The average molecular weight is 162 g/mol. The normalized spacial score (nSPS) is 10.4. The maximum atomic E-state index is 2.38. The van der Waals surface area contributed by atoms with Gasteiger partial charge in [0.1, 0.15) is 0 Å². The Hall–Kier alpha value is -0.823. The maximum absolute atomic E-state index is 2.38. The minimum atomic E-state index is -0.121. The molecule has 1 heteroatoms. The summed E-state index contributed by atoms with van der Waals surface area (Å²) in [6.45, 7) is 4.33. The van der Waals surface area contributed by atoms with Crippen molar-refractivity contribution in [2.75, 3.05) is 0 Å². The maximum Gasteiger partial charge on any atom is 0.0782 e. The van der Waals surface area contributed by atoms with E-state index in [1.807, 2.05) is 0 Å². The van der Waals surface area contributed by atoms with Gasteiger partial charge in [0, 0.05) is 0 Å². The van der Waals surface area contributed by atoms with Crippen LogP contribution in [0.15, 0.2) is 41.6 Å². The van der Waals surface area contributed by atoms with Gasteiger partial charge in [-0.2, -0.15) is 0 Å². The molecule has 0 bridgehead atoms. The zero-order chi connectivity index (χ0) is 8.10. The van der Waals surface area contributed by atoms with Crippen LogP contribution >= 0.6 is 0 Å². The molecule has 0 spiro atoms. The lowest BCUT2D eigenvalue weighted by molar-refractivity contribution is 1.41. The average Bonchev–Trinajstić information content (AvgIpc) is 2.03. The minimum Gasteiger partial charge on any atom is -0.0975 e. The van der Waals surface area contributed by atoms with Gasteiger partial charge in [-0.1, -0.05) is 46.8 Å². The van der Waals surface area contributed by atoms with Gasteiger partial charge in [0.2, 0.25) is 0 Å². The van der Waals surface area contributed by atoms with Crippen molar-refractivity contribution in [3.8, 4) is 0 Å². The Morgan fingerprint density at radius 2 is 1.82 bits per heavy atom. The summed E-state index contributed by atoms with van der Waals surface area (Å²) in [4.78, 5) is 0. The van der Waals surface area contributed by atoms with Crippen molar-refractivity contribution in [2.45, 2.75) is 13.8 Å². The molecule has 0 aromatic heterocycles. The third-order valence-corrected chi connectivity index (χ3v) is 3.55. The molecule has 0 heterocycles. The highest BCUT2D eigenvalue weighted by molar-refractivity contribution is 6.58. The predicted octanol–water partition coefficient (Wildman–Crippen LogP) is 1.40. The summed E-state index contributed by atoms with van der Waals surface area (Å²) >= 11 is 0. The van der Waals surface area contributed by atoms with E-state index in [9.17, 15) is 0 Å². The van der Waals surface area contributed by atoms with Crippen molar-refractivity contribution in [3.05, 3.63) is 41.6 Å². The van der Waals surface area contributed by atoms with Crippen LogP contribution < -0.4 is 5.19 Å². The van der Waals surface area contributed by atoms with Gasteiger partial charge in [0.05, 0.1) is 9.52 Å². The van der Waals surface area contributed by atoms with E-state index in [0.717, 1.165) is 0 Å². The Morgan fingerprint density at radius 1 is 1.18 bits per heavy atom. The second kappa shape index (κ2) is 4.14. The first kappa shape index (κ1) is 8.28. The van der Waals surface area contributed by atoms with E-state index in [1.165, 1.54) is 10.8 Å². The zero-order valence-corrected chi connectivity index (χ0v) is 8.59. The van der Waals surface area contributed by atoms with Crippen LogP contribution in [0.1, 0.15) is 13.8 Å². The van der Waals surface area contributed by atoms with E-state index in [4.69, 9.17) is 0 Å². The van der Waals surface area contributed by atoms with Crippen molar-refractivity contribution >= 4 is 14.7 Å². The highest BCUT2D eigenvalue weighted by Gasteiger charge is 1.86. The molecule has 0 radical (unpaired) electrons. The molecule has 0 saturated heterocycles. The predicted molar refractivity (Wildman–Crippen MR) is 54.1 cm³/mol. The van der Waals surface area contributed by atoms with Crippen LogP contribution in [0, 0.1) is 0 Å². The number of allylic oxidation sites excluding steroid dienone is 1. The lowest BCUT2D eigenvalue weighted by atomic mass is 10.4. The Balaban J connectivity index is 2.59. The number of hydrogen-bond donors (Lipinski definition) is 0. The SMILES string of the molecule is CC(C)=C[SiH2]c1ccccc1. The smallest absolute Gasteiger partial charge is 0.0782 e. The van der Waals surface area contributed by atoms with Crippen LogP contribution in [0.25, 0.3) is 0 Å². The molecule has 0 atom stereocenters. The third-order valence-electron chi connectivity index (χ3n) is 1.59. The topological polar surface area (TPSA) is 0 Å². The molecule has 0 aliphatic heterocycles. The molecule has 0 aliphatic carbocycles. The summed E-state index contributed by atoms with van der Waals surface area (Å²) in [6, 6.07) is 10.7. The van der Waals surface area contributed by atoms with Gasteiger partial charge in [-0.15, -0.1) is 0 Å². The summed E-state index contributed by atoms with van der Waals surface area (Å²) in [6.07, 6.45) is 0. The first-order chi connectivity index (χ1) is 5.29. The number of benzene rings is 1. The standard InChI is InChI=1S/C10H14Si/c1-9(2)8-11-10-6-4-3-5-7-10/h3-8H,11H2,1-2H3. The molecule has 0 amide bonds. The van der Waals surface area contributed by atoms with Crippen molar-refractivity contribution in [1.29, 1.82) is 0 Å². The number of hydrogen-bond acceptors (Lipinski definition) is 0. The molecule has 11 heavy (non-hydrogen) atoms. The molecule has 58 valence electrons. The molecule has 1 aromatic carbocycles. The van der Waals surface area contributed by atoms with Crippen LogP contribution in [-0.4, -0.2) is 9.52 Å². The van der Waals surface area contributed by atoms with Gasteiger partial charge >= 0.3 is 0 Å². The fraction of sp³-hybridized carbons (Fsp3) is 0.200. The van der Waals surface area contributed by atoms with Gasteiger partial charge in [-0.25, -0.2) is 0 Å². The van der Waals surface area contributed by atoms with E-state index in [0.29, 0.717) is 0 Å². The molecular weight excluding hydrogens is 148 g/mol. The lowest BCUT2D eigenvalue weighted by Gasteiger charge is -1.93. The van der Waals surface area contributed by atoms with Gasteiger partial charge in [0.15, 0.2) is 0 Å². The summed E-state index contributed by atoms with van der Waals surface area (Å²) in [5.74, 6) is 0. The zero-order valence-electron chi connectivity index (χ0n) is 7.17. The van der Waals surface area contributed by atoms with Crippen LogP contribution in [0.4, 0.5) is 0 Å². The van der Waals surface area contributed by atoms with E-state index in [2.05, 4.69) is 49.9 Å². The van der Waals surface area contributed by atoms with E-state index >= 15 is 0 Å². The fourth-order valence-corrected chi connectivity index (χ4v) is 2.12. The molecule has 0 unspecified atom stereocenters. The van der Waals surface area contributed by atoms with Gasteiger partial charge in [-0.3, -0.25) is 0 Å². The van der Waals surface area contributed by atoms with Gasteiger partial charge in [0.25, 0.3) is 0 Å². The Kier molecular flexibility index (Phi) is 3.11. The third kappa shape index (κ3) is 3.19. The van der Waals surface area contributed by atoms with Crippen molar-refractivity contribution < 1.29 is 0 Å². The van der Waals surface area contributed by atoms with Crippen LogP contribution in [0.3, 0.4) is 0 Å². The molecule has 0 nitrogen and oxygen atoms in total. The highest BCUT2D eigenvalue weighted by Crippen LogP contribution is 1.87. The van der Waals surface area contributed by atoms with E-state index in [-0.39, 0.29) is 9.52 Å². The molecule has 0 saturated carbocycles. The molecule has 0 N–H and O–H groups in total. The Bertz CT molecular complexity index is 232. The Labute approximate surface area is 70.8 Å². The Morgan fingerprint density at radius 3 is 2.36 bits per heavy atom. The largest absolute Gasteiger partial charge is 0.0975 e. The lowest BCUT2D eigenvalue weighted by Crippen LogP contribution is -2.10. The second-order valence-corrected chi connectivity index (χ2v) is 4.60. The number of rotatable bonds is 2. The van der Waals surface area contributed by atoms with Crippen LogP contribution in [0.5, 0.6) is 0 Å². The fourth-order valence-electron chi connectivity index (χ4n) is 0.936. The van der Waals surface area contributed by atoms with E-state index in [1.54, 1.807) is 0 Å². The summed E-state index contributed by atoms with van der Waals surface area (Å²) in [5, 5.41) is 1.52. The quantitative estimate of drug-likeness (QED) is 0.577. The summed E-state index contributed by atoms with van der Waals surface area (Å²) in [5.41, 5.74) is 3.83. The van der Waals surface area contributed by atoms with Crippen molar-refractivity contribution in [2.24, 2.45) is 0 Å². The second-order valence-electron chi connectivity index (χ2n) is 2.97. The molecule has 1 aromatic rings. The molecule has 1 rings (SSSR count). The van der Waals surface area contributed by atoms with Gasteiger partial charge < -0.3 is 0 Å². The molecular formula is C10H14Si. The van der Waals surface area contributed by atoms with Gasteiger partial charge in [-0.05, 0) is 13.8 Å². The minimum absolute atomic E-state index is 0.121. The highest BCUT2D eigenvalue weighted by atomic mass is 28.2. The monoisotopic (exact) mass is 162 g/mol. The first-order valence-electron chi connectivity index (χ1n) is 3.96.